The van der Waals surface area contributed by atoms with Crippen molar-refractivity contribution >= 4 is 5.97 Å². The molecule has 0 fully saturated rings. The standard InChI is InChI=1S/C17H20F12O2/c1-2-3-4-5-6-7-8-10(12(30)31)9-11(18)13(19,20)14(21,22)15(23,24)16(25,26)17(27,28)29/h9-10H,2-8H2,1H3,(H,30,31)/b11-9-. The Balaban J connectivity index is 5.73. The van der Waals surface area contributed by atoms with Crippen molar-refractivity contribution in [1.82, 2.24) is 0 Å². The Morgan fingerprint density at radius 2 is 1.23 bits per heavy atom. The molecule has 184 valence electrons. The molecule has 2 nitrogen and oxygen atoms in total. The topological polar surface area (TPSA) is 37.3 Å². The summed E-state index contributed by atoms with van der Waals surface area (Å²) in [7, 11) is 0. The molecule has 0 aromatic heterocycles. The van der Waals surface area contributed by atoms with E-state index in [2.05, 4.69) is 0 Å². The van der Waals surface area contributed by atoms with Crippen LogP contribution in [0.4, 0.5) is 52.7 Å². The van der Waals surface area contributed by atoms with Crippen molar-refractivity contribution in [2.45, 2.75) is 81.7 Å². The maximum atomic E-state index is 13.7. The van der Waals surface area contributed by atoms with Gasteiger partial charge in [-0.25, -0.2) is 4.39 Å². The number of unbranched alkanes of at least 4 members (excludes halogenated alkanes) is 5. The van der Waals surface area contributed by atoms with E-state index in [1.807, 2.05) is 6.92 Å². The molecule has 31 heavy (non-hydrogen) atoms. The zero-order chi connectivity index (χ0) is 24.9. The summed E-state index contributed by atoms with van der Waals surface area (Å²) < 4.78 is 156. The van der Waals surface area contributed by atoms with E-state index in [0.717, 1.165) is 19.3 Å². The van der Waals surface area contributed by atoms with Gasteiger partial charge in [-0.15, -0.1) is 0 Å². The summed E-state index contributed by atoms with van der Waals surface area (Å²) in [5, 5.41) is 8.87. The Kier molecular flexibility index (Phi) is 9.78. The summed E-state index contributed by atoms with van der Waals surface area (Å²) in [6.07, 6.45) is -5.35. The Labute approximate surface area is 169 Å². The molecule has 0 rings (SSSR count). The largest absolute Gasteiger partial charge is 0.481 e. The zero-order valence-electron chi connectivity index (χ0n) is 16.0. The molecule has 0 aromatic carbocycles. The summed E-state index contributed by atoms with van der Waals surface area (Å²) in [6, 6.07) is 0. The number of rotatable bonds is 13. The second kappa shape index (κ2) is 10.3. The van der Waals surface area contributed by atoms with Gasteiger partial charge in [-0.2, -0.15) is 48.3 Å². The van der Waals surface area contributed by atoms with Crippen molar-refractivity contribution in [2.75, 3.05) is 0 Å². The number of alkyl halides is 11. The molecule has 0 amide bonds. The van der Waals surface area contributed by atoms with Crippen LogP contribution in [0.5, 0.6) is 0 Å². The second-order valence-corrected chi connectivity index (χ2v) is 6.81. The van der Waals surface area contributed by atoms with Gasteiger partial charge in [0, 0.05) is 0 Å². The van der Waals surface area contributed by atoms with Crippen LogP contribution in [0, 0.1) is 5.92 Å². The van der Waals surface area contributed by atoms with Gasteiger partial charge in [0.05, 0.1) is 5.92 Å². The summed E-state index contributed by atoms with van der Waals surface area (Å²) in [4.78, 5) is 11.0. The van der Waals surface area contributed by atoms with Gasteiger partial charge in [-0.05, 0) is 12.5 Å². The lowest BCUT2D eigenvalue weighted by Gasteiger charge is -2.36. The quantitative estimate of drug-likeness (QED) is 0.219. The van der Waals surface area contributed by atoms with Gasteiger partial charge in [-0.3, -0.25) is 4.79 Å². The SMILES string of the molecule is CCCCCCCCC(/C=C(\F)C(F)(F)C(F)(F)C(F)(F)C(F)(F)C(F)(F)F)C(=O)O. The minimum atomic E-state index is -7.76. The van der Waals surface area contributed by atoms with Crippen LogP contribution in [0.1, 0.15) is 51.9 Å². The van der Waals surface area contributed by atoms with Crippen molar-refractivity contribution in [2.24, 2.45) is 5.92 Å². The van der Waals surface area contributed by atoms with Gasteiger partial charge in [0.2, 0.25) is 0 Å². The number of aliphatic carboxylic acids is 1. The first kappa shape index (κ1) is 29.4. The molecule has 0 aliphatic rings. The number of carboxylic acids is 1. The molecule has 14 heteroatoms. The Morgan fingerprint density at radius 1 is 0.774 bits per heavy atom. The highest BCUT2D eigenvalue weighted by atomic mass is 19.4. The average Bonchev–Trinajstić information content (AvgIpc) is 2.61. The average molecular weight is 484 g/mol. The van der Waals surface area contributed by atoms with Gasteiger partial charge in [0.25, 0.3) is 0 Å². The molecular formula is C17H20F12O2. The molecule has 0 saturated heterocycles. The molecule has 0 aliphatic carbocycles. The number of hydrogen-bond donors (Lipinski definition) is 1. The van der Waals surface area contributed by atoms with Gasteiger partial charge in [0.15, 0.2) is 5.83 Å². The van der Waals surface area contributed by atoms with Crippen molar-refractivity contribution in [3.05, 3.63) is 11.9 Å². The fraction of sp³-hybridized carbons (Fsp3) is 0.824. The monoisotopic (exact) mass is 484 g/mol. The molecule has 0 heterocycles. The summed E-state index contributed by atoms with van der Waals surface area (Å²) in [5.74, 6) is -37.6. The van der Waals surface area contributed by atoms with Crippen molar-refractivity contribution < 1.29 is 62.6 Å². The first-order valence-electron chi connectivity index (χ1n) is 8.97. The molecule has 0 aromatic rings. The van der Waals surface area contributed by atoms with Crippen molar-refractivity contribution in [3.8, 4) is 0 Å². The highest BCUT2D eigenvalue weighted by Crippen LogP contribution is 2.58. The number of carboxylic acid groups (broad SMARTS) is 1. The lowest BCUT2D eigenvalue weighted by molar-refractivity contribution is -0.419. The molecule has 0 radical (unpaired) electrons. The molecule has 0 bridgehead atoms. The van der Waals surface area contributed by atoms with E-state index >= 15 is 0 Å². The van der Waals surface area contributed by atoms with Gasteiger partial charge >= 0.3 is 35.8 Å². The van der Waals surface area contributed by atoms with Crippen LogP contribution >= 0.6 is 0 Å². The highest BCUT2D eigenvalue weighted by molar-refractivity contribution is 5.72. The molecule has 1 atom stereocenters. The summed E-state index contributed by atoms with van der Waals surface area (Å²) in [5.41, 5.74) is 0. The van der Waals surface area contributed by atoms with E-state index in [1.54, 1.807) is 0 Å². The molecule has 0 spiro atoms. The zero-order valence-corrected chi connectivity index (χ0v) is 16.0. The first-order chi connectivity index (χ1) is 13.8. The maximum absolute atomic E-state index is 13.7. The van der Waals surface area contributed by atoms with Crippen LogP contribution in [0.2, 0.25) is 0 Å². The predicted molar refractivity (Wildman–Crippen MR) is 84.2 cm³/mol. The van der Waals surface area contributed by atoms with E-state index in [-0.39, 0.29) is 6.42 Å². The lowest BCUT2D eigenvalue weighted by atomic mass is 9.94. The Hall–Kier alpha value is -1.63. The fourth-order valence-corrected chi connectivity index (χ4v) is 2.43. The molecule has 0 saturated carbocycles. The van der Waals surface area contributed by atoms with Gasteiger partial charge in [0.1, 0.15) is 0 Å². The molecule has 1 N–H and O–H groups in total. The molecule has 1 unspecified atom stereocenters. The van der Waals surface area contributed by atoms with E-state index in [1.165, 1.54) is 0 Å². The Bertz CT molecular complexity index is 625. The van der Waals surface area contributed by atoms with E-state index < -0.39 is 60.1 Å². The minimum Gasteiger partial charge on any atom is -0.481 e. The second-order valence-electron chi connectivity index (χ2n) is 6.81. The maximum Gasteiger partial charge on any atom is 0.460 e. The molecular weight excluding hydrogens is 464 g/mol. The number of allylic oxidation sites excluding steroid dienone is 1. The van der Waals surface area contributed by atoms with Crippen LogP contribution in [0.25, 0.3) is 0 Å². The highest BCUT2D eigenvalue weighted by Gasteiger charge is 2.87. The third-order valence-corrected chi connectivity index (χ3v) is 4.37. The summed E-state index contributed by atoms with van der Waals surface area (Å²) in [6.45, 7) is 1.89. The number of hydrogen-bond acceptors (Lipinski definition) is 1. The van der Waals surface area contributed by atoms with Crippen LogP contribution in [-0.2, 0) is 4.79 Å². The third-order valence-electron chi connectivity index (χ3n) is 4.37. The van der Waals surface area contributed by atoms with Crippen molar-refractivity contribution in [3.63, 3.8) is 0 Å². The minimum absolute atomic E-state index is 0.0191. The summed E-state index contributed by atoms with van der Waals surface area (Å²) >= 11 is 0. The van der Waals surface area contributed by atoms with Crippen molar-refractivity contribution in [1.29, 1.82) is 0 Å². The number of halogens is 12. The van der Waals surface area contributed by atoms with E-state index in [4.69, 9.17) is 5.11 Å². The smallest absolute Gasteiger partial charge is 0.460 e. The van der Waals surface area contributed by atoms with Crippen LogP contribution in [0.3, 0.4) is 0 Å². The molecule has 0 aliphatic heterocycles. The first-order valence-corrected chi connectivity index (χ1v) is 8.97. The van der Waals surface area contributed by atoms with Gasteiger partial charge < -0.3 is 5.11 Å². The Morgan fingerprint density at radius 3 is 1.65 bits per heavy atom. The lowest BCUT2D eigenvalue weighted by Crippen LogP contribution is -2.66. The van der Waals surface area contributed by atoms with Crippen LogP contribution < -0.4 is 0 Å². The third kappa shape index (κ3) is 6.21. The van der Waals surface area contributed by atoms with E-state index in [0.29, 0.717) is 12.8 Å². The normalized spacial score (nSPS) is 15.8. The predicted octanol–water partition coefficient (Wildman–Crippen LogP) is 7.39. The van der Waals surface area contributed by atoms with Crippen LogP contribution in [0.15, 0.2) is 11.9 Å². The van der Waals surface area contributed by atoms with E-state index in [9.17, 15) is 57.5 Å². The van der Waals surface area contributed by atoms with Crippen LogP contribution in [-0.4, -0.2) is 40.9 Å². The van der Waals surface area contributed by atoms with Gasteiger partial charge in [-0.1, -0.05) is 45.4 Å². The fourth-order valence-electron chi connectivity index (χ4n) is 2.43. The number of carbonyl (C=O) groups is 1.